The molecule has 0 atom stereocenters. The van der Waals surface area contributed by atoms with E-state index in [1.54, 1.807) is 0 Å². The Morgan fingerprint density at radius 3 is 2.17 bits per heavy atom. The Labute approximate surface area is 79.8 Å². The van der Waals surface area contributed by atoms with E-state index in [2.05, 4.69) is 30.3 Å². The van der Waals surface area contributed by atoms with Gasteiger partial charge in [0.1, 0.15) is 0 Å². The molecule has 0 aromatic heterocycles. The number of benzene rings is 1. The maximum Gasteiger partial charge on any atom is 0.00300 e. The van der Waals surface area contributed by atoms with E-state index in [1.165, 1.54) is 29.2 Å². The topological polar surface area (TPSA) is 0 Å². The fourth-order valence-corrected chi connectivity index (χ4v) is 5.27. The summed E-state index contributed by atoms with van der Waals surface area (Å²) in [5, 5.41) is 0. The first kappa shape index (κ1) is 8.46. The number of hydrogen-bond donors (Lipinski definition) is 0. The van der Waals surface area contributed by atoms with E-state index < -0.39 is 9.24 Å². The highest BCUT2D eigenvalue weighted by molar-refractivity contribution is 8.51. The molecule has 2 rings (SSSR count). The van der Waals surface area contributed by atoms with E-state index in [1.807, 2.05) is 0 Å². The Balaban J connectivity index is 2.29. The highest BCUT2D eigenvalue weighted by Gasteiger charge is 2.27. The van der Waals surface area contributed by atoms with Crippen LogP contribution in [0.15, 0.2) is 35.2 Å². The van der Waals surface area contributed by atoms with E-state index in [0.29, 0.717) is 0 Å². The monoisotopic (exact) mass is 200 g/mol. The van der Waals surface area contributed by atoms with Crippen LogP contribution < -0.4 is 0 Å². The molecule has 1 aromatic carbocycles. The summed E-state index contributed by atoms with van der Waals surface area (Å²) < 4.78 is 0. The lowest BCUT2D eigenvalue weighted by atomic mass is 10.4. The Hall–Kier alpha value is -0.140. The van der Waals surface area contributed by atoms with Gasteiger partial charge < -0.3 is 0 Å². The second kappa shape index (κ2) is 3.31. The van der Waals surface area contributed by atoms with E-state index >= 15 is 0 Å². The van der Waals surface area contributed by atoms with E-state index in [4.69, 9.17) is 10.7 Å². The molecule has 1 heterocycles. The summed E-state index contributed by atoms with van der Waals surface area (Å²) in [4.78, 5) is 1.38. The summed E-state index contributed by atoms with van der Waals surface area (Å²) in [6.45, 7) is 0. The van der Waals surface area contributed by atoms with Crippen molar-refractivity contribution in [2.75, 3.05) is 11.5 Å². The molecule has 0 saturated carbocycles. The van der Waals surface area contributed by atoms with Crippen LogP contribution in [0.2, 0.25) is 0 Å². The van der Waals surface area contributed by atoms with Crippen molar-refractivity contribution in [2.24, 2.45) is 0 Å². The molecule has 0 amide bonds. The zero-order valence-electron chi connectivity index (χ0n) is 7.00. The summed E-state index contributed by atoms with van der Waals surface area (Å²) in [7, 11) is 5.67. The van der Waals surface area contributed by atoms with Gasteiger partial charge in [-0.2, -0.15) is 0 Å². The van der Waals surface area contributed by atoms with Crippen molar-refractivity contribution in [1.29, 1.82) is 0 Å². The summed E-state index contributed by atoms with van der Waals surface area (Å²) in [6, 6.07) is 10.6. The maximum absolute atomic E-state index is 6.58. The van der Waals surface area contributed by atoms with Crippen molar-refractivity contribution in [3.63, 3.8) is 0 Å². The molecule has 0 aliphatic carbocycles. The van der Waals surface area contributed by atoms with Crippen molar-refractivity contribution < 1.29 is 0 Å². The second-order valence-electron chi connectivity index (χ2n) is 3.22. The van der Waals surface area contributed by atoms with Gasteiger partial charge in [-0.05, 0) is 36.5 Å². The maximum atomic E-state index is 6.58. The third kappa shape index (κ3) is 1.48. The summed E-state index contributed by atoms with van der Waals surface area (Å²) in [5.74, 6) is 2.44. The number of hydrogen-bond acceptors (Lipinski definition) is 0. The molecular formula is C10H13ClS. The summed E-state index contributed by atoms with van der Waals surface area (Å²) >= 11 is 0. The molecule has 1 aromatic rings. The average Bonchev–Trinajstić information content (AvgIpc) is 2.55. The SMILES string of the molecule is ClS1(c2ccccc2)CCCC1. The fraction of sp³-hybridized carbons (Fsp3) is 0.400. The Bertz CT molecular complexity index is 252. The van der Waals surface area contributed by atoms with Gasteiger partial charge in [0.2, 0.25) is 0 Å². The first-order valence-electron chi connectivity index (χ1n) is 4.35. The van der Waals surface area contributed by atoms with E-state index in [0.717, 1.165) is 0 Å². The number of rotatable bonds is 1. The molecule has 1 saturated heterocycles. The van der Waals surface area contributed by atoms with Gasteiger partial charge in [-0.25, -0.2) is 0 Å². The molecule has 1 aliphatic heterocycles. The smallest absolute Gasteiger partial charge is 0.00300 e. The van der Waals surface area contributed by atoms with Gasteiger partial charge in [0.05, 0.1) is 0 Å². The molecule has 0 N–H and O–H groups in total. The van der Waals surface area contributed by atoms with Crippen LogP contribution in [0.4, 0.5) is 0 Å². The molecule has 12 heavy (non-hydrogen) atoms. The highest BCUT2D eigenvalue weighted by atomic mass is 35.7. The highest BCUT2D eigenvalue weighted by Crippen LogP contribution is 2.64. The first-order chi connectivity index (χ1) is 5.81. The predicted octanol–water partition coefficient (Wildman–Crippen LogP) is 3.80. The van der Waals surface area contributed by atoms with Crippen molar-refractivity contribution in [3.8, 4) is 0 Å². The summed E-state index contributed by atoms with van der Waals surface area (Å²) in [6.07, 6.45) is 2.63. The molecular weight excluding hydrogens is 188 g/mol. The molecule has 0 nitrogen and oxygen atoms in total. The molecule has 0 spiro atoms. The van der Waals surface area contributed by atoms with Crippen LogP contribution in [0.5, 0.6) is 0 Å². The number of halogens is 1. The third-order valence-corrected chi connectivity index (χ3v) is 6.80. The fourth-order valence-electron chi connectivity index (χ4n) is 1.66. The van der Waals surface area contributed by atoms with Crippen molar-refractivity contribution in [3.05, 3.63) is 30.3 Å². The first-order valence-corrected chi connectivity index (χ1v) is 7.14. The lowest BCUT2D eigenvalue weighted by Crippen LogP contribution is -1.93. The second-order valence-corrected chi connectivity index (χ2v) is 7.85. The Kier molecular flexibility index (Phi) is 2.33. The lowest BCUT2D eigenvalue weighted by Gasteiger charge is -2.27. The van der Waals surface area contributed by atoms with E-state index in [9.17, 15) is 0 Å². The van der Waals surface area contributed by atoms with Gasteiger partial charge in [0, 0.05) is 4.90 Å². The standard InChI is InChI=1S/C10H13ClS/c11-12(8-4-5-9-12)10-6-2-1-3-7-10/h1-3,6-7H,4-5,8-9H2. The predicted molar refractivity (Wildman–Crippen MR) is 57.1 cm³/mol. The van der Waals surface area contributed by atoms with Crippen molar-refractivity contribution >= 4 is 19.9 Å². The third-order valence-electron chi connectivity index (χ3n) is 2.35. The van der Waals surface area contributed by atoms with Gasteiger partial charge >= 0.3 is 0 Å². The zero-order valence-corrected chi connectivity index (χ0v) is 8.57. The van der Waals surface area contributed by atoms with Gasteiger partial charge in [0.15, 0.2) is 0 Å². The minimum atomic E-state index is -0.910. The Morgan fingerprint density at radius 1 is 1.00 bits per heavy atom. The average molecular weight is 201 g/mol. The van der Waals surface area contributed by atoms with E-state index in [-0.39, 0.29) is 0 Å². The van der Waals surface area contributed by atoms with Crippen LogP contribution in [0.1, 0.15) is 12.8 Å². The molecule has 0 radical (unpaired) electrons. The molecule has 66 valence electrons. The lowest BCUT2D eigenvalue weighted by molar-refractivity contribution is 0.949. The minimum Gasteiger partial charge on any atom is -0.136 e. The van der Waals surface area contributed by atoms with Crippen molar-refractivity contribution in [1.82, 2.24) is 0 Å². The van der Waals surface area contributed by atoms with Crippen LogP contribution in [0, 0.1) is 0 Å². The van der Waals surface area contributed by atoms with Crippen LogP contribution in [-0.2, 0) is 0 Å². The normalized spacial score (nSPS) is 23.8. The molecule has 1 fully saturated rings. The van der Waals surface area contributed by atoms with Gasteiger partial charge in [-0.1, -0.05) is 28.9 Å². The van der Waals surface area contributed by atoms with Crippen LogP contribution in [0.3, 0.4) is 0 Å². The Morgan fingerprint density at radius 2 is 1.58 bits per heavy atom. The molecule has 0 unspecified atom stereocenters. The quantitative estimate of drug-likeness (QED) is 0.647. The van der Waals surface area contributed by atoms with Gasteiger partial charge in [0.25, 0.3) is 0 Å². The molecule has 1 aliphatic rings. The van der Waals surface area contributed by atoms with Gasteiger partial charge in [-0.3, -0.25) is 0 Å². The minimum absolute atomic E-state index is 0.910. The van der Waals surface area contributed by atoms with Gasteiger partial charge in [-0.15, -0.1) is 9.24 Å². The molecule has 2 heteroatoms. The van der Waals surface area contributed by atoms with Crippen LogP contribution in [-0.4, -0.2) is 11.5 Å². The summed E-state index contributed by atoms with van der Waals surface area (Å²) in [5.41, 5.74) is 0. The largest absolute Gasteiger partial charge is 0.136 e. The van der Waals surface area contributed by atoms with Crippen molar-refractivity contribution in [2.45, 2.75) is 17.7 Å². The molecule has 0 bridgehead atoms. The van der Waals surface area contributed by atoms with Crippen LogP contribution in [0.25, 0.3) is 0 Å². The van der Waals surface area contributed by atoms with Crippen LogP contribution >= 0.6 is 19.9 Å². The zero-order chi connectivity index (χ0) is 8.44.